The Morgan fingerprint density at radius 1 is 1.50 bits per heavy atom. The Hall–Kier alpha value is -0.770. The fourth-order valence-corrected chi connectivity index (χ4v) is 2.90. The number of rotatable bonds is 4. The molecule has 1 aromatic carbocycles. The second-order valence-electron chi connectivity index (χ2n) is 4.88. The molecule has 1 aliphatic rings. The first kappa shape index (κ1) is 13.7. The molecule has 1 saturated heterocycles. The Kier molecular flexibility index (Phi) is 4.15. The monoisotopic (exact) mass is 269 g/mol. The van der Waals surface area contributed by atoms with E-state index in [1.807, 2.05) is 25.2 Å². The Bertz CT molecular complexity index is 416. The molecule has 2 atom stereocenters. The van der Waals surface area contributed by atoms with Crippen molar-refractivity contribution in [2.45, 2.75) is 31.4 Å². The van der Waals surface area contributed by atoms with Gasteiger partial charge in [0, 0.05) is 6.61 Å². The lowest BCUT2D eigenvalue weighted by atomic mass is 9.88. The van der Waals surface area contributed by atoms with Crippen molar-refractivity contribution in [2.75, 3.05) is 20.8 Å². The normalized spacial score (nSPS) is 25.1. The molecule has 1 N–H and O–H groups in total. The maximum absolute atomic E-state index is 6.06. The zero-order valence-electron chi connectivity index (χ0n) is 11.1. The summed E-state index contributed by atoms with van der Waals surface area (Å²) in [5.74, 6) is 0.705. The van der Waals surface area contributed by atoms with E-state index < -0.39 is 0 Å². The molecule has 0 spiro atoms. The number of benzene rings is 1. The first-order valence-corrected chi connectivity index (χ1v) is 6.63. The van der Waals surface area contributed by atoms with Crippen molar-refractivity contribution in [2.24, 2.45) is 0 Å². The molecule has 0 bridgehead atoms. The summed E-state index contributed by atoms with van der Waals surface area (Å²) in [7, 11) is 3.59. The zero-order chi connectivity index (χ0) is 13.2. The van der Waals surface area contributed by atoms with Crippen molar-refractivity contribution in [3.05, 3.63) is 28.8 Å². The first-order chi connectivity index (χ1) is 8.60. The minimum atomic E-state index is -0.159. The SMILES string of the molecule is CNC(c1ccc(Cl)c(OC)c1)C1(C)CCCO1. The summed E-state index contributed by atoms with van der Waals surface area (Å²) in [5.41, 5.74) is 0.983. The highest BCUT2D eigenvalue weighted by atomic mass is 35.5. The van der Waals surface area contributed by atoms with Crippen molar-refractivity contribution >= 4 is 11.6 Å². The van der Waals surface area contributed by atoms with Gasteiger partial charge in [-0.3, -0.25) is 0 Å². The largest absolute Gasteiger partial charge is 0.495 e. The second kappa shape index (κ2) is 5.47. The van der Waals surface area contributed by atoms with Gasteiger partial charge in [-0.25, -0.2) is 0 Å². The number of halogens is 1. The van der Waals surface area contributed by atoms with Gasteiger partial charge in [-0.15, -0.1) is 0 Å². The van der Waals surface area contributed by atoms with E-state index >= 15 is 0 Å². The molecule has 1 aromatic rings. The average molecular weight is 270 g/mol. The van der Waals surface area contributed by atoms with E-state index in [0.29, 0.717) is 10.8 Å². The summed E-state index contributed by atoms with van der Waals surface area (Å²) in [4.78, 5) is 0. The summed E-state index contributed by atoms with van der Waals surface area (Å²) < 4.78 is 11.2. The molecule has 18 heavy (non-hydrogen) atoms. The van der Waals surface area contributed by atoms with Crippen LogP contribution in [0.1, 0.15) is 31.4 Å². The van der Waals surface area contributed by atoms with Crippen LogP contribution in [0.4, 0.5) is 0 Å². The van der Waals surface area contributed by atoms with Crippen molar-refractivity contribution in [1.82, 2.24) is 5.32 Å². The molecule has 100 valence electrons. The highest BCUT2D eigenvalue weighted by Gasteiger charge is 2.38. The van der Waals surface area contributed by atoms with Gasteiger partial charge in [0.05, 0.1) is 23.8 Å². The van der Waals surface area contributed by atoms with Gasteiger partial charge >= 0.3 is 0 Å². The van der Waals surface area contributed by atoms with Crippen LogP contribution in [-0.2, 0) is 4.74 Å². The molecule has 1 aliphatic heterocycles. The molecule has 0 saturated carbocycles. The van der Waals surface area contributed by atoms with E-state index in [4.69, 9.17) is 21.1 Å². The molecule has 2 unspecified atom stereocenters. The van der Waals surface area contributed by atoms with E-state index in [9.17, 15) is 0 Å². The summed E-state index contributed by atoms with van der Waals surface area (Å²) in [6.45, 7) is 2.99. The fourth-order valence-electron chi connectivity index (χ4n) is 2.71. The van der Waals surface area contributed by atoms with Crippen LogP contribution in [0.3, 0.4) is 0 Å². The number of methoxy groups -OCH3 is 1. The van der Waals surface area contributed by atoms with Gasteiger partial charge in [0.1, 0.15) is 5.75 Å². The molecule has 0 radical (unpaired) electrons. The molecule has 1 fully saturated rings. The van der Waals surface area contributed by atoms with Crippen molar-refractivity contribution < 1.29 is 9.47 Å². The van der Waals surface area contributed by atoms with Crippen LogP contribution < -0.4 is 10.1 Å². The molecule has 0 amide bonds. The maximum Gasteiger partial charge on any atom is 0.137 e. The molecule has 0 aromatic heterocycles. The van der Waals surface area contributed by atoms with Crippen LogP contribution >= 0.6 is 11.6 Å². The summed E-state index contributed by atoms with van der Waals surface area (Å²) in [5, 5.41) is 3.98. The summed E-state index contributed by atoms with van der Waals surface area (Å²) >= 11 is 6.06. The lowest BCUT2D eigenvalue weighted by Crippen LogP contribution is -2.39. The highest BCUT2D eigenvalue weighted by Crippen LogP contribution is 2.39. The summed E-state index contributed by atoms with van der Waals surface area (Å²) in [6, 6.07) is 6.03. The van der Waals surface area contributed by atoms with Gasteiger partial charge in [0.2, 0.25) is 0 Å². The molecule has 4 heteroatoms. The van der Waals surface area contributed by atoms with Gasteiger partial charge in [-0.2, -0.15) is 0 Å². The van der Waals surface area contributed by atoms with Gasteiger partial charge < -0.3 is 14.8 Å². The smallest absolute Gasteiger partial charge is 0.137 e. The third-order valence-electron chi connectivity index (χ3n) is 3.66. The van der Waals surface area contributed by atoms with Crippen LogP contribution in [0.25, 0.3) is 0 Å². The maximum atomic E-state index is 6.06. The Morgan fingerprint density at radius 3 is 2.83 bits per heavy atom. The van der Waals surface area contributed by atoms with E-state index in [1.54, 1.807) is 7.11 Å². The second-order valence-corrected chi connectivity index (χ2v) is 5.29. The number of hydrogen-bond donors (Lipinski definition) is 1. The number of nitrogens with one attached hydrogen (secondary N) is 1. The zero-order valence-corrected chi connectivity index (χ0v) is 11.9. The minimum absolute atomic E-state index is 0.145. The van der Waals surface area contributed by atoms with E-state index in [2.05, 4.69) is 12.2 Å². The predicted octanol–water partition coefficient (Wildman–Crippen LogP) is 3.18. The molecule has 1 heterocycles. The van der Waals surface area contributed by atoms with Crippen molar-refractivity contribution in [3.8, 4) is 5.75 Å². The molecular formula is C14H20ClNO2. The fraction of sp³-hybridized carbons (Fsp3) is 0.571. The third-order valence-corrected chi connectivity index (χ3v) is 3.97. The standard InChI is InChI=1S/C14H20ClNO2/c1-14(7-4-8-18-14)13(16-2)10-5-6-11(15)12(9-10)17-3/h5-6,9,13,16H,4,7-8H2,1-3H3. The number of hydrogen-bond acceptors (Lipinski definition) is 3. The lowest BCUT2D eigenvalue weighted by Gasteiger charge is -2.33. The van der Waals surface area contributed by atoms with Crippen LogP contribution in [0.5, 0.6) is 5.75 Å². The van der Waals surface area contributed by atoms with E-state index in [1.165, 1.54) is 0 Å². The Balaban J connectivity index is 2.32. The topological polar surface area (TPSA) is 30.5 Å². The van der Waals surface area contributed by atoms with Gasteiger partial charge in [-0.1, -0.05) is 17.7 Å². The van der Waals surface area contributed by atoms with Gasteiger partial charge in [0.25, 0.3) is 0 Å². The first-order valence-electron chi connectivity index (χ1n) is 6.25. The quantitative estimate of drug-likeness (QED) is 0.911. The predicted molar refractivity (Wildman–Crippen MR) is 73.4 cm³/mol. The molecule has 2 rings (SSSR count). The Labute approximate surface area is 113 Å². The highest BCUT2D eigenvalue weighted by molar-refractivity contribution is 6.32. The van der Waals surface area contributed by atoms with E-state index in [0.717, 1.165) is 25.0 Å². The third kappa shape index (κ3) is 2.48. The number of ether oxygens (including phenoxy) is 2. The van der Waals surface area contributed by atoms with Gasteiger partial charge in [0.15, 0.2) is 0 Å². The van der Waals surface area contributed by atoms with Gasteiger partial charge in [-0.05, 0) is 44.5 Å². The van der Waals surface area contributed by atoms with E-state index in [-0.39, 0.29) is 11.6 Å². The van der Waals surface area contributed by atoms with Crippen LogP contribution in [0.2, 0.25) is 5.02 Å². The number of likely N-dealkylation sites (N-methyl/N-ethyl adjacent to an activating group) is 1. The average Bonchev–Trinajstić information content (AvgIpc) is 2.80. The van der Waals surface area contributed by atoms with Crippen LogP contribution in [0, 0.1) is 0 Å². The summed E-state index contributed by atoms with van der Waals surface area (Å²) in [6.07, 6.45) is 2.17. The molecule has 0 aliphatic carbocycles. The minimum Gasteiger partial charge on any atom is -0.495 e. The lowest BCUT2D eigenvalue weighted by molar-refractivity contribution is -0.0105. The Morgan fingerprint density at radius 2 is 2.28 bits per heavy atom. The molecular weight excluding hydrogens is 250 g/mol. The van der Waals surface area contributed by atoms with Crippen LogP contribution in [0.15, 0.2) is 18.2 Å². The molecule has 3 nitrogen and oxygen atoms in total. The van der Waals surface area contributed by atoms with Crippen LogP contribution in [-0.4, -0.2) is 26.4 Å². The van der Waals surface area contributed by atoms with Crippen molar-refractivity contribution in [3.63, 3.8) is 0 Å². The van der Waals surface area contributed by atoms with Crippen molar-refractivity contribution in [1.29, 1.82) is 0 Å².